The van der Waals surface area contributed by atoms with E-state index in [4.69, 9.17) is 20.7 Å². The van der Waals surface area contributed by atoms with Gasteiger partial charge in [-0.3, -0.25) is 15.0 Å². The summed E-state index contributed by atoms with van der Waals surface area (Å²) in [5.74, 6) is -1.29. The van der Waals surface area contributed by atoms with E-state index in [9.17, 15) is 19.8 Å². The van der Waals surface area contributed by atoms with Gasteiger partial charge in [-0.25, -0.2) is 0 Å². The average molecular weight is 509 g/mol. The Morgan fingerprint density at radius 1 is 1.27 bits per heavy atom. The first-order chi connectivity index (χ1) is 17.8. The zero-order valence-electron chi connectivity index (χ0n) is 20.0. The highest BCUT2D eigenvalue weighted by Gasteiger charge is 2.28. The van der Waals surface area contributed by atoms with E-state index in [0.717, 1.165) is 5.56 Å². The summed E-state index contributed by atoms with van der Waals surface area (Å²) in [7, 11) is 1.26. The lowest BCUT2D eigenvalue weighted by Gasteiger charge is -2.23. The van der Waals surface area contributed by atoms with Gasteiger partial charge in [0.2, 0.25) is 5.91 Å². The lowest BCUT2D eigenvalue weighted by atomic mass is 10.0. The Balaban J connectivity index is 1.31. The quantitative estimate of drug-likeness (QED) is 0.120. The molecule has 2 aromatic carbocycles. The molecule has 0 saturated carbocycles. The molecule has 2 amide bonds. The van der Waals surface area contributed by atoms with Gasteiger partial charge in [-0.05, 0) is 17.7 Å². The minimum atomic E-state index is -1.41. The van der Waals surface area contributed by atoms with Crippen LogP contribution in [0.25, 0.3) is 10.9 Å². The van der Waals surface area contributed by atoms with Crippen molar-refractivity contribution in [2.24, 2.45) is 10.9 Å². The molecule has 0 saturated heterocycles. The first-order valence-corrected chi connectivity index (χ1v) is 11.5. The van der Waals surface area contributed by atoms with Crippen LogP contribution in [-0.2, 0) is 14.4 Å². The fourth-order valence-electron chi connectivity index (χ4n) is 3.97. The van der Waals surface area contributed by atoms with Gasteiger partial charge in [-0.2, -0.15) is 0 Å². The number of aromatic amines is 1. The van der Waals surface area contributed by atoms with Crippen LogP contribution in [-0.4, -0.2) is 70.6 Å². The van der Waals surface area contributed by atoms with Crippen LogP contribution in [0.15, 0.2) is 53.7 Å². The minimum Gasteiger partial charge on any atom is -0.505 e. The van der Waals surface area contributed by atoms with Crippen LogP contribution in [0.2, 0.25) is 0 Å². The molecule has 1 aromatic heterocycles. The number of carbonyl (C=O) groups excluding carboxylic acids is 2. The summed E-state index contributed by atoms with van der Waals surface area (Å²) >= 11 is 0. The number of para-hydroxylation sites is 1. The molecule has 2 heterocycles. The first kappa shape index (κ1) is 25.7. The Kier molecular flexibility index (Phi) is 7.70. The van der Waals surface area contributed by atoms with E-state index in [0.29, 0.717) is 28.6 Å². The van der Waals surface area contributed by atoms with Crippen molar-refractivity contribution >= 4 is 34.3 Å². The molecule has 1 aliphatic rings. The largest absolute Gasteiger partial charge is 0.505 e. The zero-order chi connectivity index (χ0) is 26.5. The summed E-state index contributed by atoms with van der Waals surface area (Å²) in [6.45, 7) is -0.131. The van der Waals surface area contributed by atoms with Gasteiger partial charge in [0.15, 0.2) is 12.0 Å². The van der Waals surface area contributed by atoms with E-state index in [1.54, 1.807) is 48.5 Å². The Morgan fingerprint density at radius 2 is 2.00 bits per heavy atom. The summed E-state index contributed by atoms with van der Waals surface area (Å²) in [6.07, 6.45) is -1.48. The van der Waals surface area contributed by atoms with Gasteiger partial charge in [0.1, 0.15) is 17.6 Å². The highest BCUT2D eigenvalue weighted by molar-refractivity contribution is 6.04. The smallest absolute Gasteiger partial charge is 0.272 e. The predicted octanol–water partition coefficient (Wildman–Crippen LogP) is 0.920. The number of H-pyrrole nitrogens is 1. The number of aliphatic hydroxyl groups is 1. The van der Waals surface area contributed by atoms with Gasteiger partial charge in [0.05, 0.1) is 18.2 Å². The molecule has 0 spiro atoms. The Labute approximate surface area is 212 Å². The normalized spacial score (nSPS) is 16.5. The molecule has 194 valence electrons. The maximum Gasteiger partial charge on any atom is 0.272 e. The standard InChI is InChI=1S/C25H28N6O6/c1-36-25(35)19(30-24(34)21-22(33)16-4-2-3-5-17(16)29-21)12-28-20(32)11-15-10-18(31-37-15)13-6-8-14(9-7-13)23(26)27/h2-9,15,19,25,29,33,35H,10-12H2,1H3,(H3,26,27)(H,28,32)(H,30,34). The fourth-order valence-corrected chi connectivity index (χ4v) is 3.97. The summed E-state index contributed by atoms with van der Waals surface area (Å²) < 4.78 is 4.94. The molecule has 3 atom stereocenters. The molecule has 12 nitrogen and oxygen atoms in total. The summed E-state index contributed by atoms with van der Waals surface area (Å²) in [5.41, 5.74) is 8.06. The van der Waals surface area contributed by atoms with E-state index >= 15 is 0 Å². The van der Waals surface area contributed by atoms with Crippen molar-refractivity contribution in [2.45, 2.75) is 31.3 Å². The van der Waals surface area contributed by atoms with Crippen molar-refractivity contribution in [1.29, 1.82) is 5.41 Å². The summed E-state index contributed by atoms with van der Waals surface area (Å²) in [5, 5.41) is 37.8. The lowest BCUT2D eigenvalue weighted by Crippen LogP contribution is -2.51. The number of rotatable bonds is 10. The molecule has 37 heavy (non-hydrogen) atoms. The van der Waals surface area contributed by atoms with Crippen LogP contribution < -0.4 is 16.4 Å². The van der Waals surface area contributed by atoms with Crippen molar-refractivity contribution in [3.05, 3.63) is 65.4 Å². The number of amides is 2. The van der Waals surface area contributed by atoms with Crippen molar-refractivity contribution < 1.29 is 29.4 Å². The topological polar surface area (TPSA) is 195 Å². The van der Waals surface area contributed by atoms with Gasteiger partial charge in [-0.15, -0.1) is 0 Å². The second-order valence-electron chi connectivity index (χ2n) is 8.57. The van der Waals surface area contributed by atoms with Crippen molar-refractivity contribution in [1.82, 2.24) is 15.6 Å². The number of fused-ring (bicyclic) bond motifs is 1. The molecule has 4 rings (SSSR count). The van der Waals surface area contributed by atoms with Crippen molar-refractivity contribution in [2.75, 3.05) is 13.7 Å². The van der Waals surface area contributed by atoms with Gasteiger partial charge < -0.3 is 41.1 Å². The third kappa shape index (κ3) is 5.88. The monoisotopic (exact) mass is 508 g/mol. The van der Waals surface area contributed by atoms with Crippen LogP contribution >= 0.6 is 0 Å². The number of aliphatic hydroxyl groups excluding tert-OH is 1. The lowest BCUT2D eigenvalue weighted by molar-refractivity contribution is -0.125. The van der Waals surface area contributed by atoms with Crippen LogP contribution in [0, 0.1) is 5.41 Å². The predicted molar refractivity (Wildman–Crippen MR) is 135 cm³/mol. The number of hydrogen-bond donors (Lipinski definition) is 7. The number of nitrogens with zero attached hydrogens (tertiary/aromatic N) is 1. The Morgan fingerprint density at radius 3 is 2.68 bits per heavy atom. The fraction of sp³-hybridized carbons (Fsp3) is 0.280. The molecule has 0 radical (unpaired) electrons. The number of methoxy groups -OCH3 is 1. The highest BCUT2D eigenvalue weighted by Crippen LogP contribution is 2.28. The average Bonchev–Trinajstić information content (AvgIpc) is 3.50. The molecule has 3 aromatic rings. The molecule has 8 N–H and O–H groups in total. The third-order valence-electron chi connectivity index (χ3n) is 6.00. The van der Waals surface area contributed by atoms with Gasteiger partial charge in [0.25, 0.3) is 5.91 Å². The number of aromatic nitrogens is 1. The molecule has 3 unspecified atom stereocenters. The number of aromatic hydroxyl groups is 1. The number of nitrogen functional groups attached to an aromatic ring is 1. The molecular weight excluding hydrogens is 480 g/mol. The van der Waals surface area contributed by atoms with Gasteiger partial charge in [-0.1, -0.05) is 41.6 Å². The second-order valence-corrected chi connectivity index (χ2v) is 8.57. The van der Waals surface area contributed by atoms with E-state index in [1.165, 1.54) is 7.11 Å². The molecular formula is C25H28N6O6. The molecule has 0 fully saturated rings. The summed E-state index contributed by atoms with van der Waals surface area (Å²) in [4.78, 5) is 33.6. The number of nitrogens with two attached hydrogens (primary N) is 1. The van der Waals surface area contributed by atoms with Crippen LogP contribution in [0.3, 0.4) is 0 Å². The SMILES string of the molecule is COC(O)C(CNC(=O)CC1CC(c2ccc(C(=N)N)cc2)=NO1)NC(=O)c1[nH]c2ccccc2c1O. The number of benzene rings is 2. The third-order valence-corrected chi connectivity index (χ3v) is 6.00. The van der Waals surface area contributed by atoms with Crippen molar-refractivity contribution in [3.63, 3.8) is 0 Å². The number of amidine groups is 1. The van der Waals surface area contributed by atoms with E-state index < -0.39 is 24.3 Å². The van der Waals surface area contributed by atoms with Gasteiger partial charge >= 0.3 is 0 Å². The molecule has 0 aliphatic carbocycles. The maximum absolute atomic E-state index is 12.8. The minimum absolute atomic E-state index is 0.00504. The number of hydrogen-bond acceptors (Lipinski definition) is 8. The van der Waals surface area contributed by atoms with E-state index in [-0.39, 0.29) is 36.2 Å². The maximum atomic E-state index is 12.8. The molecule has 1 aliphatic heterocycles. The number of carbonyl (C=O) groups is 2. The van der Waals surface area contributed by atoms with Crippen LogP contribution in [0.4, 0.5) is 0 Å². The van der Waals surface area contributed by atoms with Gasteiger partial charge in [0, 0.05) is 36.5 Å². The Hall–Kier alpha value is -4.42. The number of nitrogens with one attached hydrogen (secondary N) is 4. The van der Waals surface area contributed by atoms with Crippen molar-refractivity contribution in [3.8, 4) is 5.75 Å². The Bertz CT molecular complexity index is 1340. The number of ether oxygens (including phenoxy) is 1. The van der Waals surface area contributed by atoms with E-state index in [1.807, 2.05) is 0 Å². The van der Waals surface area contributed by atoms with Crippen LogP contribution in [0.1, 0.15) is 34.5 Å². The van der Waals surface area contributed by atoms with E-state index in [2.05, 4.69) is 20.8 Å². The molecule has 0 bridgehead atoms. The number of oxime groups is 1. The highest BCUT2D eigenvalue weighted by atomic mass is 16.6. The zero-order valence-corrected chi connectivity index (χ0v) is 20.0. The first-order valence-electron chi connectivity index (χ1n) is 11.5. The van der Waals surface area contributed by atoms with Crippen LogP contribution in [0.5, 0.6) is 5.75 Å². The summed E-state index contributed by atoms with van der Waals surface area (Å²) in [6, 6.07) is 12.9. The second kappa shape index (κ2) is 11.1. The molecule has 12 heteroatoms.